The van der Waals surface area contributed by atoms with E-state index in [0.29, 0.717) is 41.2 Å². The summed E-state index contributed by atoms with van der Waals surface area (Å²) in [4.78, 5) is 43.5. The van der Waals surface area contributed by atoms with Crippen LogP contribution in [0.25, 0.3) is 0 Å². The second-order valence-electron chi connectivity index (χ2n) is 11.5. The third-order valence-electron chi connectivity index (χ3n) is 8.75. The van der Waals surface area contributed by atoms with E-state index < -0.39 is 17.4 Å². The second kappa shape index (κ2) is 12.5. The lowest BCUT2D eigenvalue weighted by Crippen LogP contribution is -2.46. The van der Waals surface area contributed by atoms with Crippen molar-refractivity contribution < 1.29 is 24.6 Å². The van der Waals surface area contributed by atoms with Gasteiger partial charge in [-0.25, -0.2) is 0 Å². The number of aliphatic hydroxyl groups excluding tert-OH is 1. The minimum absolute atomic E-state index is 0.0513. The molecule has 0 bridgehead atoms. The summed E-state index contributed by atoms with van der Waals surface area (Å²) >= 11 is 0. The fourth-order valence-electron chi connectivity index (χ4n) is 6.25. The van der Waals surface area contributed by atoms with Crippen LogP contribution in [0.3, 0.4) is 0 Å². The summed E-state index contributed by atoms with van der Waals surface area (Å²) < 4.78 is 0. The minimum atomic E-state index is -1.96. The lowest BCUT2D eigenvalue weighted by Gasteiger charge is -2.36. The van der Waals surface area contributed by atoms with Crippen LogP contribution >= 0.6 is 0 Å². The predicted molar refractivity (Wildman–Crippen MR) is 173 cm³/mol. The van der Waals surface area contributed by atoms with Gasteiger partial charge in [0.15, 0.2) is 5.60 Å². The Kier molecular flexibility index (Phi) is 8.34. The Hall–Kier alpha value is -5.05. The molecule has 2 aliphatic rings. The maximum atomic E-state index is 14.1. The van der Waals surface area contributed by atoms with Crippen molar-refractivity contribution in [1.82, 2.24) is 4.90 Å². The molecule has 3 amide bonds. The number of nitrogens with zero attached hydrogens (tertiary/aromatic N) is 2. The first-order valence-electron chi connectivity index (χ1n) is 15.1. The number of amides is 3. The Balaban J connectivity index is 1.26. The Morgan fingerprint density at radius 1 is 0.956 bits per heavy atom. The standard InChI is InChI=1S/C37H35N3O5/c1-25(11-10-18-34(42)39-23-28-15-9-8-14-27(28)21-31(39)24-41)37(45)32-22-29(38-35(43)26-12-4-2-5-13-26)19-20-33(32)40(36(37)44)30-16-6-3-7-17-30/h2-17,19-20,22,25,31,41,45H,18,21,23-24H2,1H3,(H,38,43)/b11-10+/t25-,31-,37+/m0/s1. The molecule has 2 heterocycles. The van der Waals surface area contributed by atoms with Crippen molar-refractivity contribution in [2.24, 2.45) is 5.92 Å². The highest BCUT2D eigenvalue weighted by Gasteiger charge is 2.53. The third-order valence-corrected chi connectivity index (χ3v) is 8.75. The molecule has 0 unspecified atom stereocenters. The van der Waals surface area contributed by atoms with Gasteiger partial charge in [-0.05, 0) is 60.0 Å². The topological polar surface area (TPSA) is 110 Å². The summed E-state index contributed by atoms with van der Waals surface area (Å²) in [5.74, 6) is -1.70. The largest absolute Gasteiger partial charge is 0.394 e. The predicted octanol–water partition coefficient (Wildman–Crippen LogP) is 5.33. The zero-order valence-corrected chi connectivity index (χ0v) is 25.0. The van der Waals surface area contributed by atoms with E-state index in [2.05, 4.69) is 5.32 Å². The number of hydrogen-bond acceptors (Lipinski definition) is 5. The van der Waals surface area contributed by atoms with Crippen molar-refractivity contribution in [1.29, 1.82) is 0 Å². The van der Waals surface area contributed by atoms with Crippen molar-refractivity contribution in [3.05, 3.63) is 138 Å². The van der Waals surface area contributed by atoms with Gasteiger partial charge < -0.3 is 20.4 Å². The number of para-hydroxylation sites is 1. The third kappa shape index (κ3) is 5.66. The number of benzene rings is 4. The van der Waals surface area contributed by atoms with Gasteiger partial charge in [0.2, 0.25) is 5.91 Å². The quantitative estimate of drug-likeness (QED) is 0.237. The molecule has 0 aliphatic carbocycles. The van der Waals surface area contributed by atoms with E-state index in [1.165, 1.54) is 4.90 Å². The van der Waals surface area contributed by atoms with Gasteiger partial charge in [-0.3, -0.25) is 19.3 Å². The Labute approximate surface area is 262 Å². The van der Waals surface area contributed by atoms with Crippen LogP contribution in [0.15, 0.2) is 115 Å². The van der Waals surface area contributed by atoms with Crippen LogP contribution < -0.4 is 10.2 Å². The van der Waals surface area contributed by atoms with Gasteiger partial charge in [0.1, 0.15) is 0 Å². The van der Waals surface area contributed by atoms with E-state index >= 15 is 0 Å². The molecule has 8 nitrogen and oxygen atoms in total. The summed E-state index contributed by atoms with van der Waals surface area (Å²) in [5, 5.41) is 25.1. The molecule has 228 valence electrons. The molecule has 45 heavy (non-hydrogen) atoms. The first-order valence-corrected chi connectivity index (χ1v) is 15.1. The fourth-order valence-corrected chi connectivity index (χ4v) is 6.25. The molecule has 0 saturated heterocycles. The number of carbonyl (C=O) groups is 3. The maximum Gasteiger partial charge on any atom is 0.268 e. The Bertz CT molecular complexity index is 1760. The molecule has 0 saturated carbocycles. The van der Waals surface area contributed by atoms with Crippen LogP contribution in [-0.2, 0) is 28.2 Å². The molecule has 0 spiro atoms. The summed E-state index contributed by atoms with van der Waals surface area (Å²) in [6, 6.07) is 30.6. The Morgan fingerprint density at radius 2 is 1.62 bits per heavy atom. The van der Waals surface area contributed by atoms with Crippen LogP contribution in [0, 0.1) is 5.92 Å². The molecule has 4 aromatic rings. The number of aliphatic hydroxyl groups is 2. The first-order chi connectivity index (χ1) is 21.8. The van der Waals surface area contributed by atoms with E-state index in [4.69, 9.17) is 0 Å². The highest BCUT2D eigenvalue weighted by atomic mass is 16.3. The minimum Gasteiger partial charge on any atom is -0.394 e. The molecule has 3 N–H and O–H groups in total. The molecule has 4 aromatic carbocycles. The summed E-state index contributed by atoms with van der Waals surface area (Å²) in [6.45, 7) is 2.02. The summed E-state index contributed by atoms with van der Waals surface area (Å²) in [5.41, 5.74) is 2.63. The number of anilines is 3. The lowest BCUT2D eigenvalue weighted by molar-refractivity contribution is -0.138. The van der Waals surface area contributed by atoms with Crippen LogP contribution in [0.4, 0.5) is 17.1 Å². The van der Waals surface area contributed by atoms with Gasteiger partial charge in [-0.2, -0.15) is 0 Å². The molecule has 3 atom stereocenters. The van der Waals surface area contributed by atoms with Gasteiger partial charge >= 0.3 is 0 Å². The number of fused-ring (bicyclic) bond motifs is 2. The number of carbonyl (C=O) groups excluding carboxylic acids is 3. The van der Waals surface area contributed by atoms with Gasteiger partial charge in [0.05, 0.1) is 18.3 Å². The zero-order valence-electron chi connectivity index (χ0n) is 25.0. The van der Waals surface area contributed by atoms with Crippen molar-refractivity contribution in [2.75, 3.05) is 16.8 Å². The second-order valence-corrected chi connectivity index (χ2v) is 11.5. The summed E-state index contributed by atoms with van der Waals surface area (Å²) in [7, 11) is 0. The first kappa shape index (κ1) is 30.0. The van der Waals surface area contributed by atoms with Crippen LogP contribution in [0.1, 0.15) is 40.4 Å². The highest BCUT2D eigenvalue weighted by Crippen LogP contribution is 2.49. The molecule has 0 radical (unpaired) electrons. The maximum absolute atomic E-state index is 14.1. The van der Waals surface area contributed by atoms with Gasteiger partial charge in [0, 0.05) is 41.4 Å². The Morgan fingerprint density at radius 3 is 2.33 bits per heavy atom. The molecule has 0 aromatic heterocycles. The van der Waals surface area contributed by atoms with Crippen LogP contribution in [-0.4, -0.2) is 45.5 Å². The van der Waals surface area contributed by atoms with Crippen molar-refractivity contribution >= 4 is 34.8 Å². The van der Waals surface area contributed by atoms with E-state index in [1.807, 2.05) is 48.5 Å². The van der Waals surface area contributed by atoms with Crippen LogP contribution in [0.2, 0.25) is 0 Å². The average molecular weight is 602 g/mol. The SMILES string of the molecule is C[C@@H](/C=C/CC(=O)N1Cc2ccccc2C[C@H]1CO)[C@]1(O)C(=O)N(c2ccccc2)c2ccc(NC(=O)c3ccccc3)cc21. The summed E-state index contributed by atoms with van der Waals surface area (Å²) in [6.07, 6.45) is 4.01. The molecular weight excluding hydrogens is 566 g/mol. The van der Waals surface area contributed by atoms with Gasteiger partial charge in [-0.1, -0.05) is 79.7 Å². The van der Waals surface area contributed by atoms with E-state index in [9.17, 15) is 24.6 Å². The number of nitrogens with one attached hydrogen (secondary N) is 1. The average Bonchev–Trinajstić information content (AvgIpc) is 3.30. The smallest absolute Gasteiger partial charge is 0.268 e. The van der Waals surface area contributed by atoms with Gasteiger partial charge in [0.25, 0.3) is 11.8 Å². The van der Waals surface area contributed by atoms with Crippen LogP contribution in [0.5, 0.6) is 0 Å². The highest BCUT2D eigenvalue weighted by molar-refractivity contribution is 6.13. The van der Waals surface area contributed by atoms with Crippen molar-refractivity contribution in [2.45, 2.75) is 38.0 Å². The van der Waals surface area contributed by atoms with Crippen molar-refractivity contribution in [3.8, 4) is 0 Å². The molecule has 2 aliphatic heterocycles. The number of hydrogen-bond donors (Lipinski definition) is 3. The molecule has 8 heteroatoms. The van der Waals surface area contributed by atoms with E-state index in [1.54, 1.807) is 78.6 Å². The van der Waals surface area contributed by atoms with E-state index in [-0.39, 0.29) is 30.9 Å². The lowest BCUT2D eigenvalue weighted by atomic mass is 9.82. The molecule has 6 rings (SSSR count). The fraction of sp³-hybridized carbons (Fsp3) is 0.216. The normalized spacial score (nSPS) is 19.7. The van der Waals surface area contributed by atoms with Crippen molar-refractivity contribution in [3.63, 3.8) is 0 Å². The molecular formula is C37H35N3O5. The molecule has 0 fully saturated rings. The number of rotatable bonds is 8. The monoisotopic (exact) mass is 601 g/mol. The zero-order chi connectivity index (χ0) is 31.6. The van der Waals surface area contributed by atoms with Gasteiger partial charge in [-0.15, -0.1) is 0 Å². The van der Waals surface area contributed by atoms with E-state index in [0.717, 1.165) is 11.1 Å².